The Kier molecular flexibility index (Phi) is 5.00. The number of aryl methyl sites for hydroxylation is 1. The van der Waals surface area contributed by atoms with E-state index in [1.807, 2.05) is 0 Å². The largest absolute Gasteiger partial charge is 0.360 e. The van der Waals surface area contributed by atoms with Crippen LogP contribution in [0, 0.1) is 6.92 Å². The first kappa shape index (κ1) is 14.8. The predicted octanol–water partition coefficient (Wildman–Crippen LogP) is 2.37. The monoisotopic (exact) mass is 280 g/mol. The standard InChI is InChI=1S/C14H24N4O2/c1-10-6-4-5-7-18(10)11(2)9-15-14(19)16-13-8-12(3)20-17-13/h8,10-11H,4-7,9H2,1-3H3,(H2,15,16,17,19)/t10-,11+/m1/s1. The molecule has 1 aromatic heterocycles. The van der Waals surface area contributed by atoms with E-state index in [2.05, 4.69) is 34.5 Å². The second-order valence-corrected chi connectivity index (χ2v) is 5.59. The van der Waals surface area contributed by atoms with Crippen LogP contribution >= 0.6 is 0 Å². The maximum Gasteiger partial charge on any atom is 0.320 e. The van der Waals surface area contributed by atoms with Crippen molar-refractivity contribution < 1.29 is 9.32 Å². The third kappa shape index (κ3) is 3.96. The highest BCUT2D eigenvalue weighted by Gasteiger charge is 2.23. The van der Waals surface area contributed by atoms with E-state index < -0.39 is 0 Å². The number of amides is 2. The maximum atomic E-state index is 11.8. The number of piperidine rings is 1. The molecule has 112 valence electrons. The van der Waals surface area contributed by atoms with Gasteiger partial charge in [0.25, 0.3) is 0 Å². The van der Waals surface area contributed by atoms with Crippen molar-refractivity contribution in [3.63, 3.8) is 0 Å². The van der Waals surface area contributed by atoms with Crippen LogP contribution in [0.4, 0.5) is 10.6 Å². The Labute approximate surface area is 119 Å². The first-order valence-corrected chi connectivity index (χ1v) is 7.30. The molecule has 1 aliphatic rings. The van der Waals surface area contributed by atoms with Crippen molar-refractivity contribution in [1.29, 1.82) is 0 Å². The topological polar surface area (TPSA) is 70.4 Å². The summed E-state index contributed by atoms with van der Waals surface area (Å²) in [4.78, 5) is 14.2. The fourth-order valence-corrected chi connectivity index (χ4v) is 2.72. The Morgan fingerprint density at radius 1 is 1.60 bits per heavy atom. The maximum absolute atomic E-state index is 11.8. The fourth-order valence-electron chi connectivity index (χ4n) is 2.72. The smallest absolute Gasteiger partial charge is 0.320 e. The molecule has 6 heteroatoms. The molecule has 6 nitrogen and oxygen atoms in total. The van der Waals surface area contributed by atoms with Gasteiger partial charge in [-0.05, 0) is 40.2 Å². The fraction of sp³-hybridized carbons (Fsp3) is 0.714. The number of urea groups is 1. The Morgan fingerprint density at radius 3 is 3.05 bits per heavy atom. The molecule has 2 atom stereocenters. The van der Waals surface area contributed by atoms with Crippen molar-refractivity contribution in [2.24, 2.45) is 0 Å². The highest BCUT2D eigenvalue weighted by atomic mass is 16.5. The summed E-state index contributed by atoms with van der Waals surface area (Å²) in [7, 11) is 0. The van der Waals surface area contributed by atoms with Crippen molar-refractivity contribution in [3.05, 3.63) is 11.8 Å². The van der Waals surface area contributed by atoms with Crippen LogP contribution in [0.3, 0.4) is 0 Å². The van der Waals surface area contributed by atoms with E-state index in [1.165, 1.54) is 19.3 Å². The molecule has 0 bridgehead atoms. The molecule has 2 N–H and O–H groups in total. The molecule has 2 rings (SSSR count). The number of nitrogens with zero attached hydrogens (tertiary/aromatic N) is 2. The zero-order valence-corrected chi connectivity index (χ0v) is 12.5. The van der Waals surface area contributed by atoms with Gasteiger partial charge in [-0.1, -0.05) is 11.6 Å². The molecule has 1 aliphatic heterocycles. The quantitative estimate of drug-likeness (QED) is 0.888. The van der Waals surface area contributed by atoms with Gasteiger partial charge in [0.15, 0.2) is 5.82 Å². The second-order valence-electron chi connectivity index (χ2n) is 5.59. The van der Waals surface area contributed by atoms with Crippen LogP contribution in [0.2, 0.25) is 0 Å². The summed E-state index contributed by atoms with van der Waals surface area (Å²) in [6.07, 6.45) is 3.80. The number of nitrogens with one attached hydrogen (secondary N) is 2. The van der Waals surface area contributed by atoms with Crippen molar-refractivity contribution in [2.75, 3.05) is 18.4 Å². The van der Waals surface area contributed by atoms with Crippen LogP contribution in [-0.2, 0) is 0 Å². The van der Waals surface area contributed by atoms with Gasteiger partial charge in [0.1, 0.15) is 5.76 Å². The average molecular weight is 280 g/mol. The van der Waals surface area contributed by atoms with Crippen molar-refractivity contribution in [2.45, 2.75) is 52.1 Å². The molecule has 1 fully saturated rings. The third-order valence-electron chi connectivity index (χ3n) is 3.85. The van der Waals surface area contributed by atoms with E-state index in [-0.39, 0.29) is 6.03 Å². The van der Waals surface area contributed by atoms with Crippen LogP contribution in [0.25, 0.3) is 0 Å². The highest BCUT2D eigenvalue weighted by Crippen LogP contribution is 2.18. The Morgan fingerprint density at radius 2 is 2.40 bits per heavy atom. The normalized spacial score (nSPS) is 21.4. The summed E-state index contributed by atoms with van der Waals surface area (Å²) in [5.41, 5.74) is 0. The SMILES string of the molecule is Cc1cc(NC(=O)NC[C@H](C)N2CCCC[C@H]2C)no1. The Hall–Kier alpha value is -1.56. The van der Waals surface area contributed by atoms with Crippen molar-refractivity contribution in [1.82, 2.24) is 15.4 Å². The Balaban J connectivity index is 1.75. The lowest BCUT2D eigenvalue weighted by Gasteiger charge is -2.38. The molecule has 1 aromatic rings. The van der Waals surface area contributed by atoms with Gasteiger partial charge < -0.3 is 9.84 Å². The van der Waals surface area contributed by atoms with E-state index in [1.54, 1.807) is 13.0 Å². The van der Waals surface area contributed by atoms with Gasteiger partial charge in [0, 0.05) is 24.7 Å². The first-order valence-electron chi connectivity index (χ1n) is 7.30. The number of hydrogen-bond donors (Lipinski definition) is 2. The summed E-state index contributed by atoms with van der Waals surface area (Å²) >= 11 is 0. The number of carbonyl (C=O) groups excluding carboxylic acids is 1. The van der Waals surface area contributed by atoms with Crippen LogP contribution in [0.15, 0.2) is 10.6 Å². The number of carbonyl (C=O) groups is 1. The molecular formula is C14H24N4O2. The molecule has 20 heavy (non-hydrogen) atoms. The molecule has 1 saturated heterocycles. The van der Waals surface area contributed by atoms with Gasteiger partial charge in [-0.25, -0.2) is 4.79 Å². The summed E-state index contributed by atoms with van der Waals surface area (Å²) in [5, 5.41) is 9.27. The summed E-state index contributed by atoms with van der Waals surface area (Å²) < 4.78 is 4.90. The summed E-state index contributed by atoms with van der Waals surface area (Å²) in [5.74, 6) is 1.12. The van der Waals surface area contributed by atoms with Crippen molar-refractivity contribution in [3.8, 4) is 0 Å². The zero-order chi connectivity index (χ0) is 14.5. The van der Waals surface area contributed by atoms with Crippen LogP contribution < -0.4 is 10.6 Å². The molecule has 0 spiro atoms. The average Bonchev–Trinajstić information content (AvgIpc) is 2.82. The van der Waals surface area contributed by atoms with E-state index >= 15 is 0 Å². The lowest BCUT2D eigenvalue weighted by molar-refractivity contribution is 0.114. The molecular weight excluding hydrogens is 256 g/mol. The highest BCUT2D eigenvalue weighted by molar-refractivity contribution is 5.88. The number of likely N-dealkylation sites (tertiary alicyclic amines) is 1. The molecule has 2 heterocycles. The van der Waals surface area contributed by atoms with Gasteiger partial charge in [-0.3, -0.25) is 10.2 Å². The number of aromatic nitrogens is 1. The van der Waals surface area contributed by atoms with Crippen LogP contribution in [0.1, 0.15) is 38.9 Å². The van der Waals surface area contributed by atoms with E-state index in [0.717, 1.165) is 6.54 Å². The van der Waals surface area contributed by atoms with E-state index in [4.69, 9.17) is 4.52 Å². The minimum absolute atomic E-state index is 0.241. The van der Waals surface area contributed by atoms with Gasteiger partial charge in [0.2, 0.25) is 0 Å². The summed E-state index contributed by atoms with van der Waals surface area (Å²) in [6, 6.07) is 2.39. The minimum Gasteiger partial charge on any atom is -0.360 e. The second kappa shape index (κ2) is 6.74. The molecule has 0 aromatic carbocycles. The predicted molar refractivity (Wildman–Crippen MR) is 77.7 cm³/mol. The van der Waals surface area contributed by atoms with Gasteiger partial charge in [-0.2, -0.15) is 0 Å². The van der Waals surface area contributed by atoms with Gasteiger partial charge in [0.05, 0.1) is 0 Å². The molecule has 0 radical (unpaired) electrons. The molecule has 0 unspecified atom stereocenters. The number of anilines is 1. The third-order valence-corrected chi connectivity index (χ3v) is 3.85. The first-order chi connectivity index (χ1) is 9.56. The van der Waals surface area contributed by atoms with Crippen LogP contribution in [0.5, 0.6) is 0 Å². The van der Waals surface area contributed by atoms with E-state index in [0.29, 0.717) is 30.2 Å². The minimum atomic E-state index is -0.241. The molecule has 0 aliphatic carbocycles. The summed E-state index contributed by atoms with van der Waals surface area (Å²) in [6.45, 7) is 7.95. The molecule has 2 amide bonds. The van der Waals surface area contributed by atoms with E-state index in [9.17, 15) is 4.79 Å². The number of hydrogen-bond acceptors (Lipinski definition) is 4. The lowest BCUT2D eigenvalue weighted by Crippen LogP contribution is -2.49. The molecule has 0 saturated carbocycles. The Bertz CT molecular complexity index is 446. The van der Waals surface area contributed by atoms with Gasteiger partial charge in [-0.15, -0.1) is 0 Å². The van der Waals surface area contributed by atoms with Gasteiger partial charge >= 0.3 is 6.03 Å². The van der Waals surface area contributed by atoms with Crippen molar-refractivity contribution >= 4 is 11.8 Å². The zero-order valence-electron chi connectivity index (χ0n) is 12.5. The number of rotatable bonds is 4. The van der Waals surface area contributed by atoms with Crippen LogP contribution in [-0.4, -0.2) is 41.3 Å². The lowest BCUT2D eigenvalue weighted by atomic mass is 10.0.